The van der Waals surface area contributed by atoms with Crippen molar-refractivity contribution in [1.29, 1.82) is 0 Å². The first kappa shape index (κ1) is 11.9. The van der Waals surface area contributed by atoms with Gasteiger partial charge in [0.2, 0.25) is 0 Å². The van der Waals surface area contributed by atoms with E-state index in [0.29, 0.717) is 0 Å². The Morgan fingerprint density at radius 2 is 1.92 bits per heavy atom. The second kappa shape index (κ2) is 4.80. The maximum Gasteiger partial charge on any atom is 0.0301 e. The summed E-state index contributed by atoms with van der Waals surface area (Å²) in [4.78, 5) is 3.80. The molecular formula is C12H19N. The van der Waals surface area contributed by atoms with E-state index in [1.807, 2.05) is 26.0 Å². The second-order valence-electron chi connectivity index (χ2n) is 3.67. The van der Waals surface area contributed by atoms with Gasteiger partial charge in [0.25, 0.3) is 0 Å². The van der Waals surface area contributed by atoms with E-state index in [4.69, 9.17) is 0 Å². The lowest BCUT2D eigenvalue weighted by Crippen LogP contribution is -2.14. The van der Waals surface area contributed by atoms with Crippen molar-refractivity contribution in [2.45, 2.75) is 27.7 Å². The Kier molecular flexibility index (Phi) is 4.39. The molecule has 0 saturated heterocycles. The fourth-order valence-electron chi connectivity index (χ4n) is 0.937. The number of rotatable bonds is 4. The standard InChI is InChI=1S/C12H19N/c1-7-8-11(9-13-6)12(4,5)10(2)3/h7-9H,2,6H2,1,3-5H3/b8-7-,11-9+. The van der Waals surface area contributed by atoms with Gasteiger partial charge in [-0.3, -0.25) is 4.99 Å². The molecule has 0 aromatic rings. The van der Waals surface area contributed by atoms with Crippen molar-refractivity contribution in [3.63, 3.8) is 0 Å². The number of hydrogen-bond acceptors (Lipinski definition) is 1. The van der Waals surface area contributed by atoms with Crippen molar-refractivity contribution in [1.82, 2.24) is 0 Å². The van der Waals surface area contributed by atoms with Crippen LogP contribution in [0.25, 0.3) is 0 Å². The highest BCUT2D eigenvalue weighted by atomic mass is 14.6. The summed E-state index contributed by atoms with van der Waals surface area (Å²) < 4.78 is 0. The molecule has 13 heavy (non-hydrogen) atoms. The van der Waals surface area contributed by atoms with E-state index >= 15 is 0 Å². The van der Waals surface area contributed by atoms with Crippen molar-refractivity contribution in [2.24, 2.45) is 10.4 Å². The lowest BCUT2D eigenvalue weighted by molar-refractivity contribution is 0.553. The maximum absolute atomic E-state index is 3.98. The summed E-state index contributed by atoms with van der Waals surface area (Å²) in [5.41, 5.74) is 2.23. The molecule has 0 amide bonds. The molecule has 0 aliphatic carbocycles. The third kappa shape index (κ3) is 3.02. The zero-order valence-corrected chi connectivity index (χ0v) is 9.09. The second-order valence-corrected chi connectivity index (χ2v) is 3.67. The van der Waals surface area contributed by atoms with Crippen LogP contribution in [0.3, 0.4) is 0 Å². The maximum atomic E-state index is 3.98. The van der Waals surface area contributed by atoms with Gasteiger partial charge in [-0.1, -0.05) is 38.2 Å². The van der Waals surface area contributed by atoms with Crippen LogP contribution in [0.2, 0.25) is 0 Å². The van der Waals surface area contributed by atoms with Crippen LogP contribution >= 0.6 is 0 Å². The molecule has 0 aromatic heterocycles. The molecule has 0 rings (SSSR count). The molecule has 0 N–H and O–H groups in total. The molecule has 0 heterocycles. The molecule has 1 heteroatoms. The van der Waals surface area contributed by atoms with Gasteiger partial charge in [0.05, 0.1) is 0 Å². The third-order valence-electron chi connectivity index (χ3n) is 2.37. The third-order valence-corrected chi connectivity index (χ3v) is 2.37. The van der Waals surface area contributed by atoms with Crippen molar-refractivity contribution >= 4 is 6.72 Å². The SMILES string of the molecule is C=N/C=C(\C=C/C)C(C)(C)C(=C)C. The van der Waals surface area contributed by atoms with Gasteiger partial charge in [0.15, 0.2) is 0 Å². The van der Waals surface area contributed by atoms with Crippen LogP contribution in [0, 0.1) is 5.41 Å². The summed E-state index contributed by atoms with van der Waals surface area (Å²) in [6.07, 6.45) is 5.83. The normalized spacial score (nSPS) is 13.4. The van der Waals surface area contributed by atoms with Gasteiger partial charge >= 0.3 is 0 Å². The van der Waals surface area contributed by atoms with Crippen LogP contribution in [0.4, 0.5) is 0 Å². The molecule has 0 radical (unpaired) electrons. The number of nitrogens with zero attached hydrogens (tertiary/aromatic N) is 1. The Morgan fingerprint density at radius 3 is 2.23 bits per heavy atom. The summed E-state index contributed by atoms with van der Waals surface area (Å²) in [6, 6.07) is 0. The topological polar surface area (TPSA) is 12.4 Å². The monoisotopic (exact) mass is 177 g/mol. The first-order chi connectivity index (χ1) is 5.96. The number of hydrogen-bond donors (Lipinski definition) is 0. The minimum absolute atomic E-state index is 0.0340. The largest absolute Gasteiger partial charge is 0.272 e. The first-order valence-corrected chi connectivity index (χ1v) is 4.42. The van der Waals surface area contributed by atoms with Crippen LogP contribution in [0.5, 0.6) is 0 Å². The van der Waals surface area contributed by atoms with E-state index in [1.54, 1.807) is 6.20 Å². The highest BCUT2D eigenvalue weighted by Crippen LogP contribution is 2.34. The molecule has 72 valence electrons. The van der Waals surface area contributed by atoms with Crippen LogP contribution < -0.4 is 0 Å². The Morgan fingerprint density at radius 1 is 1.38 bits per heavy atom. The van der Waals surface area contributed by atoms with Gasteiger partial charge < -0.3 is 0 Å². The van der Waals surface area contributed by atoms with E-state index in [1.165, 1.54) is 0 Å². The summed E-state index contributed by atoms with van der Waals surface area (Å²) in [5.74, 6) is 0. The van der Waals surface area contributed by atoms with E-state index < -0.39 is 0 Å². The fraction of sp³-hybridized carbons (Fsp3) is 0.417. The van der Waals surface area contributed by atoms with Gasteiger partial charge in [-0.05, 0) is 26.1 Å². The highest BCUT2D eigenvalue weighted by molar-refractivity contribution is 5.35. The van der Waals surface area contributed by atoms with Crippen LogP contribution in [-0.4, -0.2) is 6.72 Å². The summed E-state index contributed by atoms with van der Waals surface area (Å²) in [7, 11) is 0. The summed E-state index contributed by atoms with van der Waals surface area (Å²) in [5, 5.41) is 0. The van der Waals surface area contributed by atoms with Crippen LogP contribution in [0.1, 0.15) is 27.7 Å². The molecule has 0 aliphatic rings. The molecule has 0 spiro atoms. The summed E-state index contributed by atoms with van der Waals surface area (Å²) in [6.45, 7) is 15.7. The summed E-state index contributed by atoms with van der Waals surface area (Å²) >= 11 is 0. The molecule has 0 saturated carbocycles. The van der Waals surface area contributed by atoms with Gasteiger partial charge in [0.1, 0.15) is 0 Å². The quantitative estimate of drug-likeness (QED) is 0.352. The molecule has 0 atom stereocenters. The molecule has 0 fully saturated rings. The fourth-order valence-corrected chi connectivity index (χ4v) is 0.937. The molecule has 0 aromatic carbocycles. The predicted octanol–water partition coefficient (Wildman–Crippen LogP) is 3.75. The average Bonchev–Trinajstić information content (AvgIpc) is 2.03. The predicted molar refractivity (Wildman–Crippen MR) is 61.0 cm³/mol. The van der Waals surface area contributed by atoms with Gasteiger partial charge in [-0.25, -0.2) is 0 Å². The number of aliphatic imine (C=N–C) groups is 1. The van der Waals surface area contributed by atoms with Gasteiger partial charge in [0, 0.05) is 11.6 Å². The Labute approximate surface area is 81.6 Å². The molecule has 0 unspecified atom stereocenters. The van der Waals surface area contributed by atoms with Gasteiger partial charge in [-0.15, -0.1) is 0 Å². The smallest absolute Gasteiger partial charge is 0.0301 e. The highest BCUT2D eigenvalue weighted by Gasteiger charge is 2.21. The van der Waals surface area contributed by atoms with Crippen molar-refractivity contribution in [3.05, 3.63) is 36.1 Å². The number of allylic oxidation sites excluding steroid dienone is 4. The Bertz CT molecular complexity index is 254. The zero-order valence-electron chi connectivity index (χ0n) is 9.09. The van der Waals surface area contributed by atoms with E-state index in [9.17, 15) is 0 Å². The lowest BCUT2D eigenvalue weighted by atomic mass is 9.79. The average molecular weight is 177 g/mol. The molecule has 0 bridgehead atoms. The van der Waals surface area contributed by atoms with Crippen molar-refractivity contribution < 1.29 is 0 Å². The Balaban J connectivity index is 5.05. The van der Waals surface area contributed by atoms with Crippen LogP contribution in [-0.2, 0) is 0 Å². The van der Waals surface area contributed by atoms with E-state index in [0.717, 1.165) is 11.1 Å². The Hall–Kier alpha value is -1.11. The molecular weight excluding hydrogens is 158 g/mol. The van der Waals surface area contributed by atoms with Crippen molar-refractivity contribution in [2.75, 3.05) is 0 Å². The van der Waals surface area contributed by atoms with Crippen LogP contribution in [0.15, 0.2) is 41.1 Å². The lowest BCUT2D eigenvalue weighted by Gasteiger charge is -2.26. The minimum Gasteiger partial charge on any atom is -0.272 e. The van der Waals surface area contributed by atoms with Gasteiger partial charge in [-0.2, -0.15) is 0 Å². The van der Waals surface area contributed by atoms with Crippen molar-refractivity contribution in [3.8, 4) is 0 Å². The first-order valence-electron chi connectivity index (χ1n) is 4.42. The van der Waals surface area contributed by atoms with E-state index in [2.05, 4.69) is 32.1 Å². The molecule has 1 nitrogen and oxygen atoms in total. The molecule has 0 aliphatic heterocycles. The zero-order chi connectivity index (χ0) is 10.5. The van der Waals surface area contributed by atoms with E-state index in [-0.39, 0.29) is 5.41 Å². The minimum atomic E-state index is -0.0340.